The van der Waals surface area contributed by atoms with Crippen LogP contribution >= 0.6 is 0 Å². The van der Waals surface area contributed by atoms with Crippen molar-refractivity contribution >= 4 is 23.3 Å². The summed E-state index contributed by atoms with van der Waals surface area (Å²) in [7, 11) is 0. The first kappa shape index (κ1) is 26.6. The molecule has 0 saturated heterocycles. The Morgan fingerprint density at radius 2 is 1.79 bits per heavy atom. The number of carbonyl (C=O) groups excluding carboxylic acids is 4. The number of phenols is 2. The lowest BCUT2D eigenvalue weighted by Gasteiger charge is -2.29. The van der Waals surface area contributed by atoms with Gasteiger partial charge >= 0.3 is 0 Å². The second kappa shape index (κ2) is 9.77. The molecule has 0 bridgehead atoms. The van der Waals surface area contributed by atoms with Gasteiger partial charge in [0.25, 0.3) is 0 Å². The van der Waals surface area contributed by atoms with Gasteiger partial charge in [-0.2, -0.15) is 4.98 Å². The second-order valence-electron chi connectivity index (χ2n) is 9.40. The zero-order valence-electron chi connectivity index (χ0n) is 21.6. The van der Waals surface area contributed by atoms with E-state index in [1.165, 1.54) is 20.8 Å². The molecule has 12 nitrogen and oxygen atoms in total. The van der Waals surface area contributed by atoms with Gasteiger partial charge in [0.2, 0.25) is 11.8 Å². The van der Waals surface area contributed by atoms with Gasteiger partial charge < -0.3 is 30.1 Å². The SMILES string of the molecule is CC(=O)c1c(O)c(C)c(O)c2c1OC1=CC(=O)C(=C(C)NCCC(=O)NCCc3nc(C)no3)C(=O)[C@@]12C. The number of aromatic hydroxyl groups is 2. The number of nitrogens with one attached hydrogen (secondary N) is 2. The van der Waals surface area contributed by atoms with Gasteiger partial charge in [-0.3, -0.25) is 19.2 Å². The van der Waals surface area contributed by atoms with E-state index >= 15 is 0 Å². The van der Waals surface area contributed by atoms with Crippen LogP contribution in [0.4, 0.5) is 0 Å². The maximum Gasteiger partial charge on any atom is 0.228 e. The summed E-state index contributed by atoms with van der Waals surface area (Å²) in [5.74, 6) is -2.15. The summed E-state index contributed by atoms with van der Waals surface area (Å²) in [6.45, 7) is 7.83. The Balaban J connectivity index is 1.52. The number of hydrogen-bond acceptors (Lipinski definition) is 11. The van der Waals surface area contributed by atoms with Crippen molar-refractivity contribution < 1.29 is 38.7 Å². The van der Waals surface area contributed by atoms with Gasteiger partial charge in [0.15, 0.2) is 23.2 Å². The number of nitrogens with zero attached hydrogens (tertiary/aromatic N) is 2. The predicted molar refractivity (Wildman–Crippen MR) is 132 cm³/mol. The summed E-state index contributed by atoms with van der Waals surface area (Å²) in [6.07, 6.45) is 1.60. The Morgan fingerprint density at radius 1 is 1.08 bits per heavy atom. The fourth-order valence-electron chi connectivity index (χ4n) is 4.65. The molecule has 0 spiro atoms. The molecule has 1 atom stereocenters. The van der Waals surface area contributed by atoms with E-state index in [0.717, 1.165) is 6.08 Å². The van der Waals surface area contributed by atoms with E-state index in [9.17, 15) is 29.4 Å². The summed E-state index contributed by atoms with van der Waals surface area (Å²) in [5.41, 5.74) is -1.64. The van der Waals surface area contributed by atoms with Gasteiger partial charge in [0, 0.05) is 43.3 Å². The van der Waals surface area contributed by atoms with Crippen LogP contribution in [0.2, 0.25) is 0 Å². The lowest BCUT2D eigenvalue weighted by atomic mass is 9.70. The van der Waals surface area contributed by atoms with E-state index in [4.69, 9.17) is 9.26 Å². The van der Waals surface area contributed by atoms with Crippen LogP contribution in [0, 0.1) is 13.8 Å². The first-order chi connectivity index (χ1) is 17.9. The topological polar surface area (TPSA) is 181 Å². The number of ketones is 3. The smallest absolute Gasteiger partial charge is 0.228 e. The molecule has 1 aliphatic heterocycles. The number of Topliss-reactive ketones (excluding diaryl/α,β-unsaturated/α-hetero) is 2. The number of aromatic nitrogens is 2. The first-order valence-electron chi connectivity index (χ1n) is 12.0. The number of carbonyl (C=O) groups is 4. The number of aryl methyl sites for hydroxylation is 1. The molecule has 2 aliphatic rings. The van der Waals surface area contributed by atoms with Crippen molar-refractivity contribution in [2.24, 2.45) is 0 Å². The highest BCUT2D eigenvalue weighted by atomic mass is 16.5. The van der Waals surface area contributed by atoms with Crippen molar-refractivity contribution in [1.29, 1.82) is 0 Å². The van der Waals surface area contributed by atoms with Gasteiger partial charge in [-0.15, -0.1) is 0 Å². The van der Waals surface area contributed by atoms with E-state index < -0.39 is 34.3 Å². The molecule has 2 heterocycles. The van der Waals surface area contributed by atoms with Gasteiger partial charge in [-0.05, 0) is 34.6 Å². The zero-order chi connectivity index (χ0) is 27.9. The molecule has 0 fully saturated rings. The van der Waals surface area contributed by atoms with Crippen molar-refractivity contribution in [3.63, 3.8) is 0 Å². The van der Waals surface area contributed by atoms with E-state index in [2.05, 4.69) is 20.8 Å². The summed E-state index contributed by atoms with van der Waals surface area (Å²) < 4.78 is 10.7. The molecule has 38 heavy (non-hydrogen) atoms. The van der Waals surface area contributed by atoms with Crippen molar-refractivity contribution in [1.82, 2.24) is 20.8 Å². The Morgan fingerprint density at radius 3 is 2.42 bits per heavy atom. The summed E-state index contributed by atoms with van der Waals surface area (Å²) in [5, 5.41) is 30.7. The van der Waals surface area contributed by atoms with Crippen LogP contribution in [-0.4, -0.2) is 56.7 Å². The largest absolute Gasteiger partial charge is 0.507 e. The fraction of sp³-hybridized carbons (Fsp3) is 0.385. The minimum Gasteiger partial charge on any atom is -0.507 e. The number of allylic oxidation sites excluding steroid dienone is 4. The zero-order valence-corrected chi connectivity index (χ0v) is 21.6. The Bertz CT molecular complexity index is 1450. The Hall–Kier alpha value is -4.48. The van der Waals surface area contributed by atoms with Gasteiger partial charge in [0.05, 0.1) is 11.1 Å². The van der Waals surface area contributed by atoms with Crippen LogP contribution in [0.25, 0.3) is 0 Å². The quantitative estimate of drug-likeness (QED) is 0.224. The highest BCUT2D eigenvalue weighted by Gasteiger charge is 2.56. The highest BCUT2D eigenvalue weighted by Crippen LogP contribution is 2.57. The molecule has 1 aromatic carbocycles. The number of benzene rings is 1. The van der Waals surface area contributed by atoms with E-state index in [-0.39, 0.29) is 58.3 Å². The molecule has 1 amide bonds. The molecule has 0 saturated carbocycles. The maximum absolute atomic E-state index is 13.8. The van der Waals surface area contributed by atoms with Crippen molar-refractivity contribution in [3.8, 4) is 17.2 Å². The molecule has 0 radical (unpaired) electrons. The van der Waals surface area contributed by atoms with Crippen LogP contribution in [-0.2, 0) is 26.2 Å². The molecule has 2 aromatic rings. The highest BCUT2D eigenvalue weighted by molar-refractivity contribution is 6.31. The van der Waals surface area contributed by atoms with Crippen LogP contribution in [0.5, 0.6) is 17.2 Å². The number of amides is 1. The number of hydrogen-bond donors (Lipinski definition) is 4. The fourth-order valence-corrected chi connectivity index (χ4v) is 4.65. The standard InChI is InChI=1S/C26H28N4O8/c1-11-22(34)20(13(3)31)24-21(23(11)35)26(5)16(37-24)10-15(32)19(25(26)36)12(2)27-8-6-17(33)28-9-7-18-29-14(4)30-38-18/h10,27,34-35H,6-9H2,1-5H3,(H,28,33)/t26-/m0/s1. The lowest BCUT2D eigenvalue weighted by Crippen LogP contribution is -2.41. The average Bonchev–Trinajstić information content (AvgIpc) is 3.38. The minimum absolute atomic E-state index is 0.0165. The average molecular weight is 525 g/mol. The van der Waals surface area contributed by atoms with E-state index in [1.807, 2.05) is 0 Å². The molecule has 4 N–H and O–H groups in total. The molecule has 1 aliphatic carbocycles. The normalized spacial score (nSPS) is 19.3. The third kappa shape index (κ3) is 4.31. The van der Waals surface area contributed by atoms with Crippen LogP contribution < -0.4 is 15.4 Å². The molecular weight excluding hydrogens is 496 g/mol. The van der Waals surface area contributed by atoms with Gasteiger partial charge in [0.1, 0.15) is 34.0 Å². The van der Waals surface area contributed by atoms with Crippen molar-refractivity contribution in [2.45, 2.75) is 52.9 Å². The number of ether oxygens (including phenoxy) is 1. The molecular formula is C26H28N4O8. The van der Waals surface area contributed by atoms with E-state index in [0.29, 0.717) is 24.7 Å². The second-order valence-corrected chi connectivity index (χ2v) is 9.40. The summed E-state index contributed by atoms with van der Waals surface area (Å²) >= 11 is 0. The predicted octanol–water partition coefficient (Wildman–Crippen LogP) is 1.60. The molecule has 1 aromatic heterocycles. The third-order valence-electron chi connectivity index (χ3n) is 6.73. The monoisotopic (exact) mass is 524 g/mol. The molecule has 0 unspecified atom stereocenters. The summed E-state index contributed by atoms with van der Waals surface area (Å²) in [4.78, 5) is 55.2. The summed E-state index contributed by atoms with van der Waals surface area (Å²) in [6, 6.07) is 0. The molecule has 200 valence electrons. The number of fused-ring (bicyclic) bond motifs is 3. The Kier molecular flexibility index (Phi) is 6.83. The van der Waals surface area contributed by atoms with Crippen molar-refractivity contribution in [2.75, 3.05) is 13.1 Å². The van der Waals surface area contributed by atoms with Gasteiger partial charge in [-0.25, -0.2) is 0 Å². The van der Waals surface area contributed by atoms with Crippen molar-refractivity contribution in [3.05, 3.63) is 51.5 Å². The van der Waals surface area contributed by atoms with Crippen LogP contribution in [0.1, 0.15) is 60.4 Å². The van der Waals surface area contributed by atoms with Crippen LogP contribution in [0.15, 0.2) is 27.6 Å². The number of rotatable bonds is 8. The Labute approximate surface area is 217 Å². The molecule has 12 heteroatoms. The molecule has 4 rings (SSSR count). The lowest BCUT2D eigenvalue weighted by molar-refractivity contribution is -0.124. The van der Waals surface area contributed by atoms with E-state index in [1.54, 1.807) is 13.8 Å². The van der Waals surface area contributed by atoms with Crippen LogP contribution in [0.3, 0.4) is 0 Å². The third-order valence-corrected chi connectivity index (χ3v) is 6.73. The number of phenolic OH excluding ortho intramolecular Hbond substituents is 2. The maximum atomic E-state index is 13.8. The van der Waals surface area contributed by atoms with Gasteiger partial charge in [-0.1, -0.05) is 5.16 Å². The minimum atomic E-state index is -1.60. The first-order valence-corrected chi connectivity index (χ1v) is 12.0.